The van der Waals surface area contributed by atoms with Gasteiger partial charge in [-0.1, -0.05) is 12.1 Å². The summed E-state index contributed by atoms with van der Waals surface area (Å²) in [6, 6.07) is 13.0. The fourth-order valence-electron chi connectivity index (χ4n) is 5.56. The Hall–Kier alpha value is -2.60. The van der Waals surface area contributed by atoms with Crippen molar-refractivity contribution >= 4 is 11.7 Å². The van der Waals surface area contributed by atoms with E-state index in [1.165, 1.54) is 31.5 Å². The SMILES string of the molecule is COc1ccc([C@@H]2CN(c3cc(C(N)=O)ccn3)[C@@H]3C4CCN(CC4)[C@@H]32)cc1. The molecule has 4 fully saturated rings. The van der Waals surface area contributed by atoms with Crippen molar-refractivity contribution in [1.82, 2.24) is 9.88 Å². The topological polar surface area (TPSA) is 71.7 Å². The van der Waals surface area contributed by atoms with Gasteiger partial charge >= 0.3 is 0 Å². The van der Waals surface area contributed by atoms with Crippen molar-refractivity contribution in [2.24, 2.45) is 11.7 Å². The minimum absolute atomic E-state index is 0.403. The highest BCUT2D eigenvalue weighted by Gasteiger charge is 2.53. The number of carbonyl (C=O) groups is 1. The maximum Gasteiger partial charge on any atom is 0.248 e. The van der Waals surface area contributed by atoms with Crippen molar-refractivity contribution in [2.45, 2.75) is 30.8 Å². The molecule has 6 heteroatoms. The Kier molecular flexibility index (Phi) is 4.23. The summed E-state index contributed by atoms with van der Waals surface area (Å²) < 4.78 is 5.34. The first-order valence-electron chi connectivity index (χ1n) is 10.1. The summed E-state index contributed by atoms with van der Waals surface area (Å²) in [5, 5.41) is 0. The number of hydrogen-bond acceptors (Lipinski definition) is 5. The Morgan fingerprint density at radius 1 is 1.14 bits per heavy atom. The smallest absolute Gasteiger partial charge is 0.248 e. The number of pyridine rings is 1. The molecule has 0 radical (unpaired) electrons. The van der Waals surface area contributed by atoms with E-state index in [-0.39, 0.29) is 0 Å². The number of nitrogens with zero attached hydrogens (tertiary/aromatic N) is 3. The molecule has 3 atom stereocenters. The molecule has 6 rings (SSSR count). The summed E-state index contributed by atoms with van der Waals surface area (Å²) in [4.78, 5) is 21.4. The molecule has 1 aromatic heterocycles. The fourth-order valence-corrected chi connectivity index (χ4v) is 5.56. The first-order valence-corrected chi connectivity index (χ1v) is 10.1. The van der Waals surface area contributed by atoms with Gasteiger partial charge in [0.1, 0.15) is 11.6 Å². The van der Waals surface area contributed by atoms with Gasteiger partial charge in [-0.25, -0.2) is 4.98 Å². The van der Waals surface area contributed by atoms with Crippen LogP contribution in [-0.2, 0) is 0 Å². The number of piperidine rings is 3. The van der Waals surface area contributed by atoms with E-state index in [0.717, 1.165) is 18.1 Å². The van der Waals surface area contributed by atoms with Crippen molar-refractivity contribution in [2.75, 3.05) is 31.6 Å². The Balaban J connectivity index is 1.53. The van der Waals surface area contributed by atoms with Gasteiger partial charge in [0.2, 0.25) is 5.91 Å². The molecule has 2 aromatic rings. The van der Waals surface area contributed by atoms with E-state index in [2.05, 4.69) is 39.0 Å². The van der Waals surface area contributed by atoms with Crippen molar-refractivity contribution in [3.63, 3.8) is 0 Å². The van der Waals surface area contributed by atoms with E-state index < -0.39 is 5.91 Å². The number of anilines is 1. The average Bonchev–Trinajstić information content (AvgIpc) is 3.18. The number of methoxy groups -OCH3 is 1. The molecule has 2 bridgehead atoms. The number of ether oxygens (including phenoxy) is 1. The zero-order valence-corrected chi connectivity index (χ0v) is 16.1. The van der Waals surface area contributed by atoms with Crippen LogP contribution in [0.3, 0.4) is 0 Å². The van der Waals surface area contributed by atoms with Gasteiger partial charge in [0.05, 0.1) is 7.11 Å². The second kappa shape index (κ2) is 6.78. The molecule has 0 unspecified atom stereocenters. The third kappa shape index (κ3) is 2.75. The largest absolute Gasteiger partial charge is 0.497 e. The Morgan fingerprint density at radius 2 is 1.89 bits per heavy atom. The minimum atomic E-state index is -0.403. The highest BCUT2D eigenvalue weighted by molar-refractivity contribution is 5.93. The molecule has 146 valence electrons. The zero-order chi connectivity index (χ0) is 19.3. The number of nitrogens with two attached hydrogens (primary N) is 1. The number of benzene rings is 1. The maximum atomic E-state index is 11.7. The lowest BCUT2D eigenvalue weighted by molar-refractivity contribution is 0.0354. The van der Waals surface area contributed by atoms with Gasteiger partial charge in [-0.05, 0) is 61.7 Å². The number of hydrogen-bond donors (Lipinski definition) is 1. The van der Waals surface area contributed by atoms with Crippen LogP contribution in [-0.4, -0.2) is 54.6 Å². The number of rotatable bonds is 4. The molecule has 6 nitrogen and oxygen atoms in total. The monoisotopic (exact) mass is 378 g/mol. The predicted octanol–water partition coefficient (Wildman–Crippen LogP) is 2.26. The van der Waals surface area contributed by atoms with Crippen LogP contribution in [0.5, 0.6) is 5.75 Å². The zero-order valence-electron chi connectivity index (χ0n) is 16.1. The molecule has 5 heterocycles. The predicted molar refractivity (Wildman–Crippen MR) is 108 cm³/mol. The fraction of sp³-hybridized carbons (Fsp3) is 0.455. The van der Waals surface area contributed by atoms with Crippen molar-refractivity contribution in [3.8, 4) is 5.75 Å². The standard InChI is InChI=1S/C22H26N4O2/c1-28-17-4-2-14(3-5-17)18-13-26(19-12-16(22(23)27)6-9-24-19)20-15-7-10-25(11-8-15)21(18)20/h2-6,9,12,15,18,20-21H,7-8,10-11,13H2,1H3,(H2,23,27)/t18-,20+,21+/m0/s1. The van der Waals surface area contributed by atoms with Gasteiger partial charge in [-0.3, -0.25) is 9.69 Å². The third-order valence-electron chi connectivity index (χ3n) is 6.86. The van der Waals surface area contributed by atoms with Crippen LogP contribution in [0, 0.1) is 5.92 Å². The summed E-state index contributed by atoms with van der Waals surface area (Å²) in [5.74, 6) is 2.45. The van der Waals surface area contributed by atoms with Crippen molar-refractivity contribution in [3.05, 3.63) is 53.7 Å². The van der Waals surface area contributed by atoms with Crippen LogP contribution in [0.1, 0.15) is 34.7 Å². The summed E-state index contributed by atoms with van der Waals surface area (Å²) in [7, 11) is 1.70. The molecule has 2 N–H and O–H groups in total. The maximum absolute atomic E-state index is 11.7. The molecule has 0 spiro atoms. The van der Waals surface area contributed by atoms with Crippen molar-refractivity contribution < 1.29 is 9.53 Å². The first kappa shape index (κ1) is 17.5. The molecular formula is C22H26N4O2. The number of amides is 1. The van der Waals surface area contributed by atoms with Gasteiger partial charge in [-0.2, -0.15) is 0 Å². The van der Waals surface area contributed by atoms with Gasteiger partial charge < -0.3 is 15.4 Å². The van der Waals surface area contributed by atoms with Gasteiger partial charge in [0, 0.05) is 36.3 Å². The second-order valence-electron chi connectivity index (χ2n) is 8.15. The molecule has 4 aliphatic rings. The van der Waals surface area contributed by atoms with Crippen LogP contribution in [0.25, 0.3) is 0 Å². The van der Waals surface area contributed by atoms with Crippen LogP contribution in [0.4, 0.5) is 5.82 Å². The Labute approximate surface area is 165 Å². The van der Waals surface area contributed by atoms with E-state index in [0.29, 0.717) is 29.5 Å². The van der Waals surface area contributed by atoms with Crippen LogP contribution < -0.4 is 15.4 Å². The molecular weight excluding hydrogens is 352 g/mol. The lowest BCUT2D eigenvalue weighted by Crippen LogP contribution is -2.60. The molecule has 28 heavy (non-hydrogen) atoms. The number of aromatic nitrogens is 1. The molecule has 4 saturated heterocycles. The summed E-state index contributed by atoms with van der Waals surface area (Å²) in [6.07, 6.45) is 4.18. The third-order valence-corrected chi connectivity index (χ3v) is 6.86. The summed E-state index contributed by atoms with van der Waals surface area (Å²) in [6.45, 7) is 3.27. The van der Waals surface area contributed by atoms with E-state index in [1.54, 1.807) is 19.4 Å². The molecule has 1 aromatic carbocycles. The van der Waals surface area contributed by atoms with E-state index in [1.807, 2.05) is 6.07 Å². The molecule has 0 aliphatic carbocycles. The number of fused-ring (bicyclic) bond motifs is 2. The summed E-state index contributed by atoms with van der Waals surface area (Å²) in [5.41, 5.74) is 7.38. The van der Waals surface area contributed by atoms with Crippen LogP contribution >= 0.6 is 0 Å². The van der Waals surface area contributed by atoms with Gasteiger partial charge in [-0.15, -0.1) is 0 Å². The normalized spacial score (nSPS) is 30.9. The van der Waals surface area contributed by atoms with Crippen LogP contribution in [0.2, 0.25) is 0 Å². The molecule has 0 saturated carbocycles. The quantitative estimate of drug-likeness (QED) is 0.884. The lowest BCUT2D eigenvalue weighted by atomic mass is 9.75. The highest BCUT2D eigenvalue weighted by Crippen LogP contribution is 2.47. The van der Waals surface area contributed by atoms with Gasteiger partial charge in [0.15, 0.2) is 0 Å². The van der Waals surface area contributed by atoms with E-state index in [4.69, 9.17) is 10.5 Å². The first-order chi connectivity index (χ1) is 13.7. The van der Waals surface area contributed by atoms with Crippen LogP contribution in [0.15, 0.2) is 42.6 Å². The van der Waals surface area contributed by atoms with Crippen molar-refractivity contribution in [1.29, 1.82) is 0 Å². The lowest BCUT2D eigenvalue weighted by Gasteiger charge is -2.51. The average molecular weight is 378 g/mol. The number of primary amides is 1. The Bertz CT molecular complexity index is 876. The highest BCUT2D eigenvalue weighted by atomic mass is 16.5. The molecule has 4 aliphatic heterocycles. The van der Waals surface area contributed by atoms with E-state index >= 15 is 0 Å². The minimum Gasteiger partial charge on any atom is -0.497 e. The summed E-state index contributed by atoms with van der Waals surface area (Å²) >= 11 is 0. The Morgan fingerprint density at radius 3 is 2.57 bits per heavy atom. The van der Waals surface area contributed by atoms with E-state index in [9.17, 15) is 4.79 Å². The second-order valence-corrected chi connectivity index (χ2v) is 8.15. The molecule has 1 amide bonds. The number of carbonyl (C=O) groups excluding carboxylic acids is 1. The van der Waals surface area contributed by atoms with Gasteiger partial charge in [0.25, 0.3) is 0 Å².